The van der Waals surface area contributed by atoms with Gasteiger partial charge in [-0.2, -0.15) is 0 Å². The van der Waals surface area contributed by atoms with E-state index in [1.807, 2.05) is 30.4 Å². The van der Waals surface area contributed by atoms with Gasteiger partial charge in [-0.05, 0) is 11.6 Å². The minimum Gasteiger partial charge on any atom is -0.496 e. The van der Waals surface area contributed by atoms with Crippen molar-refractivity contribution < 1.29 is 4.74 Å². The molecule has 1 atom stereocenters. The number of nitrogens with two attached hydrogens (primary N) is 1. The molecule has 0 amide bonds. The van der Waals surface area contributed by atoms with E-state index in [-0.39, 0.29) is 11.5 Å². The summed E-state index contributed by atoms with van der Waals surface area (Å²) < 4.78 is 5.48. The highest BCUT2D eigenvalue weighted by atomic mass is 16.5. The highest BCUT2D eigenvalue weighted by Crippen LogP contribution is 2.42. The molecule has 0 aromatic heterocycles. The first-order valence-electron chi connectivity index (χ1n) is 5.85. The largest absolute Gasteiger partial charge is 0.496 e. The molecule has 2 N–H and O–H groups in total. The van der Waals surface area contributed by atoms with Crippen LogP contribution in [0.5, 0.6) is 0 Å². The second kappa shape index (κ2) is 4.38. The molecule has 0 radical (unpaired) electrons. The SMILES string of the molecule is COC1=C(c2ccccc2)C(C)(C)C(N)C=C1. The van der Waals surface area contributed by atoms with Crippen LogP contribution in [0, 0.1) is 5.41 Å². The minimum absolute atomic E-state index is 0.0107. The molecule has 2 rings (SSSR count). The second-order valence-corrected chi connectivity index (χ2v) is 4.92. The summed E-state index contributed by atoms with van der Waals surface area (Å²) in [4.78, 5) is 0. The normalized spacial score (nSPS) is 22.7. The van der Waals surface area contributed by atoms with Crippen LogP contribution in [0.1, 0.15) is 19.4 Å². The van der Waals surface area contributed by atoms with Crippen LogP contribution in [-0.4, -0.2) is 13.2 Å². The van der Waals surface area contributed by atoms with Crippen molar-refractivity contribution in [1.82, 2.24) is 0 Å². The molecule has 17 heavy (non-hydrogen) atoms. The number of benzene rings is 1. The Hall–Kier alpha value is -1.54. The van der Waals surface area contributed by atoms with Crippen molar-refractivity contribution in [3.8, 4) is 0 Å². The van der Waals surface area contributed by atoms with Crippen LogP contribution < -0.4 is 5.73 Å². The molecule has 1 unspecified atom stereocenters. The zero-order valence-electron chi connectivity index (χ0n) is 10.6. The van der Waals surface area contributed by atoms with E-state index in [1.165, 1.54) is 11.1 Å². The number of hydrogen-bond acceptors (Lipinski definition) is 2. The van der Waals surface area contributed by atoms with Gasteiger partial charge in [0.15, 0.2) is 0 Å². The fourth-order valence-electron chi connectivity index (χ4n) is 2.29. The first kappa shape index (κ1) is 11.9. The molecule has 0 fully saturated rings. The van der Waals surface area contributed by atoms with Crippen LogP contribution in [0.4, 0.5) is 0 Å². The van der Waals surface area contributed by atoms with Crippen LogP contribution >= 0.6 is 0 Å². The summed E-state index contributed by atoms with van der Waals surface area (Å²) in [7, 11) is 1.70. The van der Waals surface area contributed by atoms with E-state index in [0.717, 1.165) is 5.76 Å². The summed E-state index contributed by atoms with van der Waals surface area (Å²) in [5.41, 5.74) is 8.41. The van der Waals surface area contributed by atoms with Gasteiger partial charge in [-0.3, -0.25) is 0 Å². The third-order valence-corrected chi connectivity index (χ3v) is 3.46. The average Bonchev–Trinajstić information content (AvgIpc) is 2.33. The maximum absolute atomic E-state index is 6.18. The topological polar surface area (TPSA) is 35.2 Å². The van der Waals surface area contributed by atoms with Crippen molar-refractivity contribution in [3.63, 3.8) is 0 Å². The van der Waals surface area contributed by atoms with Gasteiger partial charge in [-0.1, -0.05) is 50.3 Å². The fourth-order valence-corrected chi connectivity index (χ4v) is 2.29. The smallest absolute Gasteiger partial charge is 0.123 e. The van der Waals surface area contributed by atoms with Gasteiger partial charge in [0.2, 0.25) is 0 Å². The Labute approximate surface area is 103 Å². The van der Waals surface area contributed by atoms with Gasteiger partial charge in [-0.15, -0.1) is 0 Å². The lowest BCUT2D eigenvalue weighted by molar-refractivity contribution is 0.293. The van der Waals surface area contributed by atoms with Crippen LogP contribution in [-0.2, 0) is 4.74 Å². The molecule has 0 saturated heterocycles. The summed E-state index contributed by atoms with van der Waals surface area (Å²) in [5.74, 6) is 0.905. The number of rotatable bonds is 2. The first-order valence-corrected chi connectivity index (χ1v) is 5.85. The second-order valence-electron chi connectivity index (χ2n) is 4.92. The lowest BCUT2D eigenvalue weighted by Gasteiger charge is -2.36. The number of allylic oxidation sites excluding steroid dienone is 1. The van der Waals surface area contributed by atoms with Gasteiger partial charge in [0.1, 0.15) is 5.76 Å². The van der Waals surface area contributed by atoms with Crippen molar-refractivity contribution in [3.05, 3.63) is 53.8 Å². The van der Waals surface area contributed by atoms with E-state index in [4.69, 9.17) is 10.5 Å². The Bertz CT molecular complexity index is 457. The van der Waals surface area contributed by atoms with Gasteiger partial charge in [0.05, 0.1) is 7.11 Å². The van der Waals surface area contributed by atoms with Gasteiger partial charge in [-0.25, -0.2) is 0 Å². The molecule has 2 nitrogen and oxygen atoms in total. The molecule has 1 aromatic rings. The van der Waals surface area contributed by atoms with Gasteiger partial charge in [0, 0.05) is 17.0 Å². The molecule has 0 bridgehead atoms. The minimum atomic E-state index is -0.124. The molecular formula is C15H19NO. The fraction of sp³-hybridized carbons (Fsp3) is 0.333. The Morgan fingerprint density at radius 1 is 1.18 bits per heavy atom. The predicted octanol–water partition coefficient (Wildman–Crippen LogP) is 2.97. The van der Waals surface area contributed by atoms with Crippen LogP contribution in [0.2, 0.25) is 0 Å². The highest BCUT2D eigenvalue weighted by Gasteiger charge is 2.35. The molecule has 0 spiro atoms. The van der Waals surface area contributed by atoms with Crippen molar-refractivity contribution in [2.45, 2.75) is 19.9 Å². The van der Waals surface area contributed by atoms with E-state index in [0.29, 0.717) is 0 Å². The van der Waals surface area contributed by atoms with Crippen LogP contribution in [0.25, 0.3) is 5.57 Å². The van der Waals surface area contributed by atoms with E-state index < -0.39 is 0 Å². The maximum Gasteiger partial charge on any atom is 0.123 e. The van der Waals surface area contributed by atoms with Gasteiger partial charge < -0.3 is 10.5 Å². The molecule has 90 valence electrons. The summed E-state index contributed by atoms with van der Waals surface area (Å²) >= 11 is 0. The lowest BCUT2D eigenvalue weighted by Crippen LogP contribution is -2.39. The summed E-state index contributed by atoms with van der Waals surface area (Å²) in [6.07, 6.45) is 3.98. The predicted molar refractivity (Wildman–Crippen MR) is 71.3 cm³/mol. The first-order chi connectivity index (χ1) is 8.07. The average molecular weight is 229 g/mol. The number of ether oxygens (including phenoxy) is 1. The molecule has 2 heteroatoms. The van der Waals surface area contributed by atoms with Crippen molar-refractivity contribution in [1.29, 1.82) is 0 Å². The van der Waals surface area contributed by atoms with Crippen LogP contribution in [0.15, 0.2) is 48.2 Å². The van der Waals surface area contributed by atoms with E-state index in [1.54, 1.807) is 7.11 Å². The standard InChI is InChI=1S/C15H19NO/c1-15(2)13(16)10-9-12(17-3)14(15)11-7-5-4-6-8-11/h4-10,13H,16H2,1-3H3. The summed E-state index contributed by atoms with van der Waals surface area (Å²) in [5, 5.41) is 0. The summed E-state index contributed by atoms with van der Waals surface area (Å²) in [6.45, 7) is 4.31. The zero-order valence-corrected chi connectivity index (χ0v) is 10.6. The Morgan fingerprint density at radius 3 is 2.41 bits per heavy atom. The molecule has 0 aliphatic heterocycles. The Balaban J connectivity index is 2.59. The monoisotopic (exact) mass is 229 g/mol. The molecule has 0 heterocycles. The third kappa shape index (κ3) is 2.01. The van der Waals surface area contributed by atoms with Gasteiger partial charge in [0.25, 0.3) is 0 Å². The van der Waals surface area contributed by atoms with Crippen LogP contribution in [0.3, 0.4) is 0 Å². The lowest BCUT2D eigenvalue weighted by atomic mass is 9.71. The maximum atomic E-state index is 6.18. The van der Waals surface area contributed by atoms with Crippen molar-refractivity contribution in [2.75, 3.05) is 7.11 Å². The summed E-state index contributed by atoms with van der Waals surface area (Å²) in [6, 6.07) is 10.3. The highest BCUT2D eigenvalue weighted by molar-refractivity contribution is 5.75. The van der Waals surface area contributed by atoms with Crippen molar-refractivity contribution in [2.24, 2.45) is 11.1 Å². The van der Waals surface area contributed by atoms with Gasteiger partial charge >= 0.3 is 0 Å². The van der Waals surface area contributed by atoms with Crippen molar-refractivity contribution >= 4 is 5.57 Å². The molecule has 1 aliphatic carbocycles. The van der Waals surface area contributed by atoms with E-state index in [2.05, 4.69) is 26.0 Å². The molecular weight excluding hydrogens is 210 g/mol. The molecule has 0 saturated carbocycles. The Kier molecular flexibility index (Phi) is 3.07. The molecule has 1 aliphatic rings. The quantitative estimate of drug-likeness (QED) is 0.846. The Morgan fingerprint density at radius 2 is 1.82 bits per heavy atom. The third-order valence-electron chi connectivity index (χ3n) is 3.46. The zero-order chi connectivity index (χ0) is 12.5. The molecule has 1 aromatic carbocycles. The number of hydrogen-bond donors (Lipinski definition) is 1. The number of methoxy groups -OCH3 is 1. The van der Waals surface area contributed by atoms with E-state index in [9.17, 15) is 0 Å². The van der Waals surface area contributed by atoms with E-state index >= 15 is 0 Å².